The van der Waals surface area contributed by atoms with Gasteiger partial charge >= 0.3 is 44.8 Å². The summed E-state index contributed by atoms with van der Waals surface area (Å²) in [5.74, 6) is 0. The van der Waals surface area contributed by atoms with E-state index in [1.807, 2.05) is 0 Å². The summed E-state index contributed by atoms with van der Waals surface area (Å²) in [6, 6.07) is 0. The monoisotopic (exact) mass is 172 g/mol. The standard InChI is InChI=1S/3CH3.Li.Sn/h3*1H3;;. The molecule has 0 aliphatic heterocycles. The molecule has 0 fully saturated rings. The molecule has 0 amide bonds. The van der Waals surface area contributed by atoms with Crippen LogP contribution in [-0.2, 0) is 0 Å². The molecule has 0 saturated carbocycles. The Kier molecular flexibility index (Phi) is 2.44. The van der Waals surface area contributed by atoms with Gasteiger partial charge in [0.25, 0.3) is 0 Å². The molecular weight excluding hydrogens is 162 g/mol. The predicted octanol–water partition coefficient (Wildman–Crippen LogP) is 0.990. The molecule has 0 aromatic carbocycles. The summed E-state index contributed by atoms with van der Waals surface area (Å²) in [5.41, 5.74) is 0. The number of rotatable bonds is 0. The maximum absolute atomic E-state index is 2.40. The van der Waals surface area contributed by atoms with Crippen molar-refractivity contribution < 1.29 is 0 Å². The van der Waals surface area contributed by atoms with E-state index in [4.69, 9.17) is 0 Å². The van der Waals surface area contributed by atoms with Crippen LogP contribution in [-0.4, -0.2) is 30.0 Å². The van der Waals surface area contributed by atoms with E-state index < -0.39 is 15.7 Å². The average Bonchev–Trinajstić information content (AvgIpc) is 0.722. The van der Waals surface area contributed by atoms with E-state index in [0.717, 1.165) is 0 Å². The fourth-order valence-electron chi connectivity index (χ4n) is 0. The van der Waals surface area contributed by atoms with Gasteiger partial charge < -0.3 is 0 Å². The van der Waals surface area contributed by atoms with Crippen molar-refractivity contribution in [2.75, 3.05) is 0 Å². The Labute approximate surface area is 44.6 Å². The molecule has 0 aromatic heterocycles. The summed E-state index contributed by atoms with van der Waals surface area (Å²) in [7, 11) is 0. The Bertz CT molecular complexity index is 22.4. The van der Waals surface area contributed by atoms with Crippen molar-refractivity contribution in [2.45, 2.75) is 14.8 Å². The molecule has 0 N–H and O–H groups in total. The summed E-state index contributed by atoms with van der Waals surface area (Å²) >= 11 is 1.22. The van der Waals surface area contributed by atoms with Crippen molar-refractivity contribution in [3.63, 3.8) is 0 Å². The second kappa shape index (κ2) is 1.91. The first-order valence-corrected chi connectivity index (χ1v) is 13.4. The van der Waals surface area contributed by atoms with E-state index in [9.17, 15) is 0 Å². The van der Waals surface area contributed by atoms with Crippen molar-refractivity contribution in [1.29, 1.82) is 0 Å². The Morgan fingerprint density at radius 1 is 1.20 bits per heavy atom. The van der Waals surface area contributed by atoms with Crippen molar-refractivity contribution in [3.8, 4) is 0 Å². The van der Waals surface area contributed by atoms with Gasteiger partial charge in [-0.3, -0.25) is 0 Å². The Morgan fingerprint density at radius 3 is 1.20 bits per heavy atom. The van der Waals surface area contributed by atoms with Gasteiger partial charge in [0.2, 0.25) is 0 Å². The molecule has 5 heavy (non-hydrogen) atoms. The van der Waals surface area contributed by atoms with Crippen LogP contribution in [0.3, 0.4) is 0 Å². The fourth-order valence-corrected chi connectivity index (χ4v) is 0. The Hall–Kier alpha value is 1.40. The van der Waals surface area contributed by atoms with E-state index in [0.29, 0.717) is 0 Å². The van der Waals surface area contributed by atoms with E-state index in [2.05, 4.69) is 29.1 Å². The van der Waals surface area contributed by atoms with Crippen LogP contribution in [0, 0.1) is 0 Å². The van der Waals surface area contributed by atoms with E-state index in [1.165, 1.54) is 0 Å². The molecule has 0 bridgehead atoms. The van der Waals surface area contributed by atoms with Crippen LogP contribution in [0.2, 0.25) is 14.8 Å². The molecule has 0 saturated heterocycles. The van der Waals surface area contributed by atoms with Crippen molar-refractivity contribution in [2.24, 2.45) is 0 Å². The molecule has 0 aliphatic rings. The molecule has 0 nitrogen and oxygen atoms in total. The fraction of sp³-hybridized carbons (Fsp3) is 1.00. The minimum atomic E-state index is -1.18. The van der Waals surface area contributed by atoms with Gasteiger partial charge in [-0.25, -0.2) is 0 Å². The third-order valence-corrected chi connectivity index (χ3v) is 0. The van der Waals surface area contributed by atoms with Crippen LogP contribution in [0.15, 0.2) is 0 Å². The molecule has 0 atom stereocenters. The topological polar surface area (TPSA) is 0 Å². The number of hydrogen-bond acceptors (Lipinski definition) is 0. The van der Waals surface area contributed by atoms with Gasteiger partial charge in [-0.05, 0) is 0 Å². The predicted molar refractivity (Wildman–Crippen MR) is 29.1 cm³/mol. The summed E-state index contributed by atoms with van der Waals surface area (Å²) in [5, 5.41) is 0. The minimum absolute atomic E-state index is 1.18. The van der Waals surface area contributed by atoms with Crippen LogP contribution in [0.5, 0.6) is 0 Å². The van der Waals surface area contributed by atoms with Gasteiger partial charge in [0, 0.05) is 0 Å². The van der Waals surface area contributed by atoms with Crippen LogP contribution < -0.4 is 0 Å². The van der Waals surface area contributed by atoms with Crippen molar-refractivity contribution >= 4 is 30.0 Å². The van der Waals surface area contributed by atoms with Crippen LogP contribution in [0.1, 0.15) is 0 Å². The second-order valence-electron chi connectivity index (χ2n) is 3.00. The molecular formula is C3H9LiSn. The maximum atomic E-state index is 2.40. The van der Waals surface area contributed by atoms with E-state index >= 15 is 0 Å². The van der Waals surface area contributed by atoms with E-state index in [-0.39, 0.29) is 0 Å². The van der Waals surface area contributed by atoms with Gasteiger partial charge in [0.15, 0.2) is 0 Å². The first-order chi connectivity index (χ1) is 2.00. The molecule has 0 unspecified atom stereocenters. The Balaban J connectivity index is 3.02. The number of hydrogen-bond donors (Lipinski definition) is 0. The zero-order valence-electron chi connectivity index (χ0n) is 4.50. The summed E-state index contributed by atoms with van der Waals surface area (Å²) in [6.45, 7) is 0. The van der Waals surface area contributed by atoms with Gasteiger partial charge in [0.05, 0.1) is 0 Å². The SMILES string of the molecule is [Li][Sn]([CH3])([CH3])[CH3]. The quantitative estimate of drug-likeness (QED) is 0.476. The molecule has 26 valence electrons. The van der Waals surface area contributed by atoms with Gasteiger partial charge in [0.1, 0.15) is 0 Å². The summed E-state index contributed by atoms with van der Waals surface area (Å²) in [4.78, 5) is 7.19. The molecule has 0 rings (SSSR count). The van der Waals surface area contributed by atoms with Gasteiger partial charge in [-0.2, -0.15) is 0 Å². The molecule has 0 radical (unpaired) electrons. The Morgan fingerprint density at radius 2 is 1.20 bits per heavy atom. The zero-order valence-corrected chi connectivity index (χ0v) is 7.35. The average molecular weight is 171 g/mol. The molecule has 0 heterocycles. The molecule has 0 aliphatic carbocycles. The van der Waals surface area contributed by atoms with Crippen LogP contribution in [0.4, 0.5) is 0 Å². The van der Waals surface area contributed by atoms with Gasteiger partial charge in [-0.1, -0.05) is 0 Å². The second-order valence-corrected chi connectivity index (χ2v) is 20.1. The molecule has 0 aromatic rings. The normalized spacial score (nSPS) is 12.2. The molecule has 2 heteroatoms. The summed E-state index contributed by atoms with van der Waals surface area (Å²) in [6.07, 6.45) is 0. The van der Waals surface area contributed by atoms with Crippen LogP contribution >= 0.6 is 0 Å². The zero-order chi connectivity index (χ0) is 4.50. The first-order valence-electron chi connectivity index (χ1n) is 2.00. The third-order valence-electron chi connectivity index (χ3n) is 0. The first kappa shape index (κ1) is 6.40. The molecule has 0 spiro atoms. The van der Waals surface area contributed by atoms with E-state index in [1.54, 1.807) is 0 Å². The van der Waals surface area contributed by atoms with Crippen molar-refractivity contribution in [1.82, 2.24) is 0 Å². The summed E-state index contributed by atoms with van der Waals surface area (Å²) < 4.78 is 0. The third kappa shape index (κ3) is 31.9. The van der Waals surface area contributed by atoms with Crippen molar-refractivity contribution in [3.05, 3.63) is 0 Å². The van der Waals surface area contributed by atoms with Crippen LogP contribution in [0.25, 0.3) is 0 Å². The van der Waals surface area contributed by atoms with Gasteiger partial charge in [-0.15, -0.1) is 0 Å².